The molecule has 1 saturated heterocycles. The summed E-state index contributed by atoms with van der Waals surface area (Å²) in [5, 5.41) is 3.01. The van der Waals surface area contributed by atoms with Crippen LogP contribution in [0.25, 0.3) is 0 Å². The van der Waals surface area contributed by atoms with Crippen LogP contribution in [0.4, 0.5) is 0 Å². The molecular weight excluding hydrogens is 418 g/mol. The van der Waals surface area contributed by atoms with Gasteiger partial charge in [-0.3, -0.25) is 14.5 Å². The first-order valence-electron chi connectivity index (χ1n) is 11.7. The summed E-state index contributed by atoms with van der Waals surface area (Å²) in [6.07, 6.45) is 0.619. The number of aryl methyl sites for hydroxylation is 1. The van der Waals surface area contributed by atoms with Gasteiger partial charge in [0.1, 0.15) is 6.04 Å². The summed E-state index contributed by atoms with van der Waals surface area (Å²) in [6, 6.07) is 13.0. The quantitative estimate of drug-likeness (QED) is 0.700. The maximum absolute atomic E-state index is 13.3. The minimum absolute atomic E-state index is 0.00774. The largest absolute Gasteiger partial charge is 0.454 e. The highest BCUT2D eigenvalue weighted by atomic mass is 16.7. The lowest BCUT2D eigenvalue weighted by atomic mass is 10.0. The van der Waals surface area contributed by atoms with Gasteiger partial charge in [-0.2, -0.15) is 0 Å². The Morgan fingerprint density at radius 2 is 1.73 bits per heavy atom. The molecule has 0 aromatic heterocycles. The number of nitrogens with zero attached hydrogens (tertiary/aromatic N) is 2. The Hall–Kier alpha value is -3.06. The van der Waals surface area contributed by atoms with Gasteiger partial charge >= 0.3 is 0 Å². The third-order valence-electron chi connectivity index (χ3n) is 6.23. The minimum Gasteiger partial charge on any atom is -0.454 e. The van der Waals surface area contributed by atoms with Crippen molar-refractivity contribution in [3.8, 4) is 11.5 Å². The first-order valence-corrected chi connectivity index (χ1v) is 11.7. The molecule has 7 nitrogen and oxygen atoms in total. The standard InChI is InChI=1S/C26H33N3O4/c1-18(2)14-22(27-25(30)21-7-5-4-6-19(21)3)26(31)29-12-10-28(11-13-29)16-20-8-9-23-24(15-20)33-17-32-23/h4-9,15,18,22H,10-14,16-17H2,1-3H3,(H,27,30). The van der Waals surface area contributed by atoms with E-state index in [9.17, 15) is 9.59 Å². The summed E-state index contributed by atoms with van der Waals surface area (Å²) in [5.74, 6) is 1.70. The zero-order valence-corrected chi connectivity index (χ0v) is 19.7. The number of amides is 2. The Morgan fingerprint density at radius 1 is 1.00 bits per heavy atom. The van der Waals surface area contributed by atoms with Crippen molar-refractivity contribution in [3.05, 3.63) is 59.2 Å². The highest BCUT2D eigenvalue weighted by molar-refractivity contribution is 5.98. The second kappa shape index (κ2) is 10.3. The fraction of sp³-hybridized carbons (Fsp3) is 0.462. The van der Waals surface area contributed by atoms with Crippen LogP contribution < -0.4 is 14.8 Å². The van der Waals surface area contributed by atoms with Crippen LogP contribution in [0.2, 0.25) is 0 Å². The van der Waals surface area contributed by atoms with E-state index in [1.807, 2.05) is 42.2 Å². The Kier molecular flexibility index (Phi) is 7.18. The molecule has 2 aliphatic heterocycles. The Balaban J connectivity index is 1.34. The monoisotopic (exact) mass is 451 g/mol. The number of rotatable bonds is 7. The minimum atomic E-state index is -0.516. The van der Waals surface area contributed by atoms with Gasteiger partial charge in [-0.1, -0.05) is 38.1 Å². The molecular formula is C26H33N3O4. The van der Waals surface area contributed by atoms with Gasteiger partial charge in [-0.25, -0.2) is 0 Å². The molecule has 176 valence electrons. The molecule has 0 saturated carbocycles. The van der Waals surface area contributed by atoms with E-state index >= 15 is 0 Å². The van der Waals surface area contributed by atoms with Crippen LogP contribution in [0.15, 0.2) is 42.5 Å². The van der Waals surface area contributed by atoms with Gasteiger partial charge in [0.05, 0.1) is 0 Å². The van der Waals surface area contributed by atoms with E-state index in [1.54, 1.807) is 6.07 Å². The highest BCUT2D eigenvalue weighted by Crippen LogP contribution is 2.32. The van der Waals surface area contributed by atoms with Crippen LogP contribution in [-0.2, 0) is 11.3 Å². The number of benzene rings is 2. The fourth-order valence-corrected chi connectivity index (χ4v) is 4.40. The van der Waals surface area contributed by atoms with Crippen molar-refractivity contribution in [1.29, 1.82) is 0 Å². The second-order valence-electron chi connectivity index (χ2n) is 9.26. The zero-order chi connectivity index (χ0) is 23.4. The summed E-state index contributed by atoms with van der Waals surface area (Å²) in [6.45, 7) is 10.0. The van der Waals surface area contributed by atoms with Gasteiger partial charge in [0.25, 0.3) is 5.91 Å². The summed E-state index contributed by atoms with van der Waals surface area (Å²) < 4.78 is 10.9. The maximum Gasteiger partial charge on any atom is 0.252 e. The number of nitrogens with one attached hydrogen (secondary N) is 1. The molecule has 2 heterocycles. The first-order chi connectivity index (χ1) is 15.9. The molecule has 0 radical (unpaired) electrons. The average molecular weight is 452 g/mol. The number of ether oxygens (including phenoxy) is 2. The normalized spacial score (nSPS) is 16.7. The van der Waals surface area contributed by atoms with E-state index in [2.05, 4.69) is 30.1 Å². The van der Waals surface area contributed by atoms with Gasteiger partial charge < -0.3 is 19.7 Å². The van der Waals surface area contributed by atoms with E-state index in [4.69, 9.17) is 9.47 Å². The molecule has 2 aliphatic rings. The molecule has 1 N–H and O–H groups in total. The van der Waals surface area contributed by atoms with E-state index in [0.717, 1.165) is 36.7 Å². The fourth-order valence-electron chi connectivity index (χ4n) is 4.40. The number of hydrogen-bond acceptors (Lipinski definition) is 5. The highest BCUT2D eigenvalue weighted by Gasteiger charge is 2.30. The molecule has 0 bridgehead atoms. The first kappa shape index (κ1) is 23.1. The molecule has 1 atom stereocenters. The van der Waals surface area contributed by atoms with Crippen LogP contribution in [0, 0.1) is 12.8 Å². The molecule has 4 rings (SSSR count). The number of carbonyl (C=O) groups excluding carboxylic acids is 2. The van der Waals surface area contributed by atoms with Crippen molar-refractivity contribution in [2.24, 2.45) is 5.92 Å². The summed E-state index contributed by atoms with van der Waals surface area (Å²) in [5.41, 5.74) is 2.69. The number of carbonyl (C=O) groups is 2. The van der Waals surface area contributed by atoms with Gasteiger partial charge in [-0.05, 0) is 48.6 Å². The Morgan fingerprint density at radius 3 is 2.45 bits per heavy atom. The average Bonchev–Trinajstić information content (AvgIpc) is 3.26. The lowest BCUT2D eigenvalue weighted by Gasteiger charge is -2.37. The van der Waals surface area contributed by atoms with E-state index in [1.165, 1.54) is 5.56 Å². The lowest BCUT2D eigenvalue weighted by molar-refractivity contribution is -0.135. The van der Waals surface area contributed by atoms with Crippen LogP contribution in [0.5, 0.6) is 11.5 Å². The summed E-state index contributed by atoms with van der Waals surface area (Å²) >= 11 is 0. The van der Waals surface area contributed by atoms with Crippen LogP contribution >= 0.6 is 0 Å². The Labute approximate surface area is 195 Å². The maximum atomic E-state index is 13.3. The molecule has 2 aromatic carbocycles. The number of piperazine rings is 1. The molecule has 2 amide bonds. The SMILES string of the molecule is Cc1ccccc1C(=O)NC(CC(C)C)C(=O)N1CCN(Cc2ccc3c(c2)OCO3)CC1. The zero-order valence-electron chi connectivity index (χ0n) is 19.7. The predicted molar refractivity (Wildman–Crippen MR) is 126 cm³/mol. The molecule has 33 heavy (non-hydrogen) atoms. The van der Waals surface area contributed by atoms with E-state index in [-0.39, 0.29) is 18.6 Å². The molecule has 0 aliphatic carbocycles. The van der Waals surface area contributed by atoms with Gasteiger partial charge in [-0.15, -0.1) is 0 Å². The van der Waals surface area contributed by atoms with Crippen LogP contribution in [0.3, 0.4) is 0 Å². The molecule has 1 unspecified atom stereocenters. The van der Waals surface area contributed by atoms with Crippen molar-refractivity contribution in [1.82, 2.24) is 15.1 Å². The number of fused-ring (bicyclic) bond motifs is 1. The topological polar surface area (TPSA) is 71.1 Å². The predicted octanol–water partition coefficient (Wildman–Crippen LogP) is 3.21. The number of hydrogen-bond donors (Lipinski definition) is 1. The smallest absolute Gasteiger partial charge is 0.252 e. The van der Waals surface area contributed by atoms with Crippen molar-refractivity contribution in [3.63, 3.8) is 0 Å². The van der Waals surface area contributed by atoms with Crippen molar-refractivity contribution in [2.45, 2.75) is 39.8 Å². The van der Waals surface area contributed by atoms with Crippen LogP contribution in [-0.4, -0.2) is 60.6 Å². The van der Waals surface area contributed by atoms with Crippen molar-refractivity contribution in [2.75, 3.05) is 33.0 Å². The third-order valence-corrected chi connectivity index (χ3v) is 6.23. The van der Waals surface area contributed by atoms with Gasteiger partial charge in [0, 0.05) is 38.3 Å². The van der Waals surface area contributed by atoms with Gasteiger partial charge in [0.2, 0.25) is 12.7 Å². The van der Waals surface area contributed by atoms with Gasteiger partial charge in [0.15, 0.2) is 11.5 Å². The molecule has 0 spiro atoms. The molecule has 7 heteroatoms. The second-order valence-corrected chi connectivity index (χ2v) is 9.26. The lowest BCUT2D eigenvalue weighted by Crippen LogP contribution is -2.55. The molecule has 1 fully saturated rings. The van der Waals surface area contributed by atoms with E-state index < -0.39 is 6.04 Å². The molecule has 2 aromatic rings. The van der Waals surface area contributed by atoms with Crippen LogP contribution in [0.1, 0.15) is 41.8 Å². The van der Waals surface area contributed by atoms with Crippen molar-refractivity contribution < 1.29 is 19.1 Å². The van der Waals surface area contributed by atoms with Crippen molar-refractivity contribution >= 4 is 11.8 Å². The third kappa shape index (κ3) is 5.66. The summed E-state index contributed by atoms with van der Waals surface area (Å²) in [7, 11) is 0. The summed E-state index contributed by atoms with van der Waals surface area (Å²) in [4.78, 5) is 30.4. The Bertz CT molecular complexity index is 999. The van der Waals surface area contributed by atoms with E-state index in [0.29, 0.717) is 31.0 Å².